The molecule has 62 heavy (non-hydrogen) atoms. The van der Waals surface area contributed by atoms with Crippen LogP contribution in [0.5, 0.6) is 0 Å². The van der Waals surface area contributed by atoms with Crippen LogP contribution in [0.4, 0.5) is 9.59 Å². The summed E-state index contributed by atoms with van der Waals surface area (Å²) < 4.78 is 15.9. The second-order valence-electron chi connectivity index (χ2n) is 14.6. The number of unbranched alkanes of at least 4 members (excludes halogenated alkanes) is 1. The van der Waals surface area contributed by atoms with Crippen LogP contribution in [-0.2, 0) is 59.6 Å². The molecule has 0 saturated carbocycles. The lowest BCUT2D eigenvalue weighted by atomic mass is 9.90. The summed E-state index contributed by atoms with van der Waals surface area (Å²) in [5.41, 5.74) is 15.2. The molecule has 3 atom stereocenters. The number of carbonyl (C=O) groups excluding carboxylic acids is 6. The third-order valence-corrected chi connectivity index (χ3v) is 9.61. The summed E-state index contributed by atoms with van der Waals surface area (Å²) in [5.74, 6) is -3.03. The number of hydrogen-bond acceptors (Lipinski definition) is 11. The van der Waals surface area contributed by atoms with E-state index in [1.165, 1.54) is 0 Å². The van der Waals surface area contributed by atoms with Gasteiger partial charge < -0.3 is 36.3 Å². The molecule has 0 aliphatic rings. The molecule has 0 aliphatic heterocycles. The van der Waals surface area contributed by atoms with Crippen molar-refractivity contribution in [3.05, 3.63) is 144 Å². The number of primary amides is 1. The van der Waals surface area contributed by atoms with Gasteiger partial charge in [0.25, 0.3) is 0 Å². The van der Waals surface area contributed by atoms with Crippen LogP contribution in [0.2, 0.25) is 0 Å². The van der Waals surface area contributed by atoms with E-state index >= 15 is 0 Å². The molecule has 0 radical (unpaired) electrons. The molecule has 0 aliphatic carbocycles. The number of amides is 4. The topological polar surface area (TPSA) is 231 Å². The number of carbonyl (C=O) groups is 6. The number of rotatable bonds is 25. The van der Waals surface area contributed by atoms with Crippen LogP contribution in [0.3, 0.4) is 0 Å². The van der Waals surface area contributed by atoms with Crippen molar-refractivity contribution in [2.24, 2.45) is 22.4 Å². The molecular formula is C47H56N6O9. The van der Waals surface area contributed by atoms with Gasteiger partial charge in [0.2, 0.25) is 11.8 Å². The largest absolute Gasteiger partial charge is 0.460 e. The minimum atomic E-state index is -0.999. The quantitative estimate of drug-likeness (QED) is 0.0187. The Morgan fingerprint density at radius 1 is 0.613 bits per heavy atom. The highest BCUT2D eigenvalue weighted by Gasteiger charge is 2.28. The van der Waals surface area contributed by atoms with Gasteiger partial charge >= 0.3 is 18.2 Å². The summed E-state index contributed by atoms with van der Waals surface area (Å²) in [6, 6.07) is 34.7. The van der Waals surface area contributed by atoms with Crippen molar-refractivity contribution in [3.8, 4) is 0 Å². The normalized spacial score (nSPS) is 12.5. The standard InChI is InChI=1S/C47H56N6O9/c48-39(24-15-27-50-42(30-43(55)60-31-35-18-7-2-8-19-35)53-47(59)62-33-37-22-11-4-12-23-37)41(54)29-38(28-34-16-5-1-6-17-34)45(57)52-40(44(49)56)25-13-14-26-51-46(58)61-32-36-20-9-3-10-21-36/h1-12,16-23,38-40H,13-15,24-33,48H2,(H2,49,56)(H,51,58)(H,52,57)(H,50,53,59)/t38-,39-,40+/m1/s1. The van der Waals surface area contributed by atoms with Crippen molar-refractivity contribution >= 4 is 41.6 Å². The Morgan fingerprint density at radius 2 is 1.13 bits per heavy atom. The van der Waals surface area contributed by atoms with Gasteiger partial charge in [0.1, 0.15) is 43.9 Å². The fourth-order valence-corrected chi connectivity index (χ4v) is 6.19. The van der Waals surface area contributed by atoms with Crippen molar-refractivity contribution in [2.45, 2.75) is 83.3 Å². The summed E-state index contributed by atoms with van der Waals surface area (Å²) >= 11 is 0. The third kappa shape index (κ3) is 19.0. The Labute approximate surface area is 362 Å². The molecule has 0 aromatic heterocycles. The Kier molecular flexibility index (Phi) is 20.9. The first-order valence-electron chi connectivity index (χ1n) is 20.6. The number of esters is 1. The molecule has 0 fully saturated rings. The summed E-state index contributed by atoms with van der Waals surface area (Å²) in [6.07, 6.45) is 0.0160. The number of benzene rings is 4. The van der Waals surface area contributed by atoms with Gasteiger partial charge in [-0.15, -0.1) is 0 Å². The summed E-state index contributed by atoms with van der Waals surface area (Å²) in [5, 5.41) is 7.94. The Bertz CT molecular complexity index is 1980. The van der Waals surface area contributed by atoms with Gasteiger partial charge in [-0.05, 0) is 60.8 Å². The summed E-state index contributed by atoms with van der Waals surface area (Å²) in [6.45, 7) is 0.594. The van der Waals surface area contributed by atoms with E-state index in [2.05, 4.69) is 20.9 Å². The van der Waals surface area contributed by atoms with E-state index in [4.69, 9.17) is 25.7 Å². The average molecular weight is 849 g/mol. The number of Topliss-reactive ketones (excluding diaryl/α,β-unsaturated/α-hetero) is 1. The van der Waals surface area contributed by atoms with Gasteiger partial charge in [0.05, 0.1) is 6.04 Å². The van der Waals surface area contributed by atoms with Crippen LogP contribution in [0.15, 0.2) is 126 Å². The van der Waals surface area contributed by atoms with Crippen molar-refractivity contribution in [1.82, 2.24) is 16.0 Å². The molecule has 0 heterocycles. The molecule has 0 unspecified atom stereocenters. The predicted octanol–water partition coefficient (Wildman–Crippen LogP) is 5.44. The first-order valence-corrected chi connectivity index (χ1v) is 20.6. The minimum Gasteiger partial charge on any atom is -0.460 e. The van der Waals surface area contributed by atoms with Crippen LogP contribution in [0.25, 0.3) is 0 Å². The van der Waals surface area contributed by atoms with Crippen molar-refractivity contribution in [2.75, 3.05) is 13.1 Å². The Morgan fingerprint density at radius 3 is 1.68 bits per heavy atom. The first-order chi connectivity index (χ1) is 30.0. The number of ketones is 1. The zero-order valence-electron chi connectivity index (χ0n) is 34.7. The maximum absolute atomic E-state index is 13.7. The van der Waals surface area contributed by atoms with Crippen molar-refractivity contribution in [3.63, 3.8) is 0 Å². The van der Waals surface area contributed by atoms with E-state index in [-0.39, 0.29) is 70.1 Å². The van der Waals surface area contributed by atoms with Crippen LogP contribution in [-0.4, -0.2) is 66.8 Å². The lowest BCUT2D eigenvalue weighted by Gasteiger charge is -2.22. The second kappa shape index (κ2) is 27.1. The van der Waals surface area contributed by atoms with Crippen LogP contribution in [0.1, 0.15) is 67.2 Å². The minimum absolute atomic E-state index is 0.00907. The molecule has 0 spiro atoms. The fraction of sp³-hybridized carbons (Fsp3) is 0.340. The van der Waals surface area contributed by atoms with Crippen molar-refractivity contribution in [1.29, 1.82) is 0 Å². The molecule has 0 bridgehead atoms. The van der Waals surface area contributed by atoms with Crippen molar-refractivity contribution < 1.29 is 43.0 Å². The Hall–Kier alpha value is -6.87. The molecule has 0 saturated heterocycles. The first kappa shape index (κ1) is 47.8. The van der Waals surface area contributed by atoms with Gasteiger partial charge in [-0.3, -0.25) is 29.5 Å². The van der Waals surface area contributed by atoms with Gasteiger partial charge in [0, 0.05) is 25.4 Å². The molecule has 4 rings (SSSR count). The number of hydrogen-bond donors (Lipinski definition) is 5. The van der Waals surface area contributed by atoms with Crippen LogP contribution in [0, 0.1) is 5.92 Å². The highest BCUT2D eigenvalue weighted by Crippen LogP contribution is 2.17. The maximum atomic E-state index is 13.7. The van der Waals surface area contributed by atoms with Gasteiger partial charge in [0.15, 0.2) is 0 Å². The highest BCUT2D eigenvalue weighted by atomic mass is 16.6. The van der Waals surface area contributed by atoms with Crippen LogP contribution < -0.4 is 27.4 Å². The molecule has 7 N–H and O–H groups in total. The van der Waals surface area contributed by atoms with E-state index in [1.807, 2.05) is 109 Å². The highest BCUT2D eigenvalue weighted by molar-refractivity contribution is 6.04. The predicted molar refractivity (Wildman–Crippen MR) is 233 cm³/mol. The van der Waals surface area contributed by atoms with E-state index in [9.17, 15) is 28.8 Å². The van der Waals surface area contributed by atoms with E-state index in [0.29, 0.717) is 25.8 Å². The van der Waals surface area contributed by atoms with Gasteiger partial charge in [-0.1, -0.05) is 121 Å². The van der Waals surface area contributed by atoms with E-state index in [1.54, 1.807) is 12.1 Å². The number of ether oxygens (including phenoxy) is 3. The summed E-state index contributed by atoms with van der Waals surface area (Å²) in [7, 11) is 0. The lowest BCUT2D eigenvalue weighted by molar-refractivity contribution is -0.143. The maximum Gasteiger partial charge on any atom is 0.412 e. The number of alkyl carbamates (subject to hydrolysis) is 2. The molecule has 328 valence electrons. The lowest BCUT2D eigenvalue weighted by Crippen LogP contribution is -2.47. The number of nitrogens with one attached hydrogen (secondary N) is 3. The van der Waals surface area contributed by atoms with Gasteiger partial charge in [-0.25, -0.2) is 9.59 Å². The molecule has 4 amide bonds. The van der Waals surface area contributed by atoms with E-state index < -0.39 is 48.0 Å². The number of nitrogens with two attached hydrogens (primary N) is 2. The molecule has 15 nitrogen and oxygen atoms in total. The Balaban J connectivity index is 1.28. The van der Waals surface area contributed by atoms with Gasteiger partial charge in [-0.2, -0.15) is 0 Å². The second-order valence-corrected chi connectivity index (χ2v) is 14.6. The third-order valence-electron chi connectivity index (χ3n) is 9.61. The zero-order valence-corrected chi connectivity index (χ0v) is 34.7. The monoisotopic (exact) mass is 848 g/mol. The SMILES string of the molecule is NC(=O)[C@H](CCCCNC(=O)OCc1ccccc1)NC(=O)[C@@H](CC(=O)[C@H](N)CCCN=C(CC(=O)OCc1ccccc1)NC(=O)OCc1ccccc1)Cc1ccccc1. The number of amidine groups is 1. The van der Waals surface area contributed by atoms with E-state index in [0.717, 1.165) is 22.3 Å². The number of aliphatic imine (C=N–C) groups is 1. The zero-order chi connectivity index (χ0) is 44.4. The fourth-order valence-electron chi connectivity index (χ4n) is 6.19. The molecule has 4 aromatic carbocycles. The number of nitrogens with zero attached hydrogens (tertiary/aromatic N) is 1. The average Bonchev–Trinajstić information content (AvgIpc) is 3.28. The molecular weight excluding hydrogens is 793 g/mol. The molecule has 4 aromatic rings. The summed E-state index contributed by atoms with van der Waals surface area (Å²) in [4.78, 5) is 81.4. The molecule has 15 heteroatoms. The smallest absolute Gasteiger partial charge is 0.412 e. The van der Waals surface area contributed by atoms with Crippen LogP contribution >= 0.6 is 0 Å².